The molecule has 1 aliphatic rings. The van der Waals surface area contributed by atoms with Crippen molar-refractivity contribution in [3.05, 3.63) is 35.6 Å². The SMILES string of the molecule is CCOC(=O)CC(=O)C1=C(OC)C=CC=CC1OC. The van der Waals surface area contributed by atoms with Gasteiger partial charge in [0.15, 0.2) is 5.78 Å². The van der Waals surface area contributed by atoms with E-state index in [0.717, 1.165) is 0 Å². The quantitative estimate of drug-likeness (QED) is 0.539. The van der Waals surface area contributed by atoms with E-state index < -0.39 is 12.1 Å². The van der Waals surface area contributed by atoms with Crippen LogP contribution in [0.15, 0.2) is 35.6 Å². The van der Waals surface area contributed by atoms with Gasteiger partial charge in [0, 0.05) is 7.11 Å². The molecule has 0 aromatic rings. The fraction of sp³-hybridized carbons (Fsp3) is 0.429. The highest BCUT2D eigenvalue weighted by Gasteiger charge is 2.26. The number of Topliss-reactive ketones (excluding diaryl/α,β-unsaturated/α-hetero) is 1. The predicted molar refractivity (Wildman–Crippen MR) is 69.4 cm³/mol. The van der Waals surface area contributed by atoms with Crippen molar-refractivity contribution in [2.45, 2.75) is 19.4 Å². The Hall–Kier alpha value is -1.88. The summed E-state index contributed by atoms with van der Waals surface area (Å²) in [5, 5.41) is 0. The molecule has 0 bridgehead atoms. The molecule has 0 saturated carbocycles. The van der Waals surface area contributed by atoms with Gasteiger partial charge in [-0.05, 0) is 13.0 Å². The number of carbonyl (C=O) groups is 2. The second kappa shape index (κ2) is 7.53. The molecule has 5 heteroatoms. The van der Waals surface area contributed by atoms with Gasteiger partial charge in [-0.1, -0.05) is 18.2 Å². The Balaban J connectivity index is 2.99. The highest BCUT2D eigenvalue weighted by atomic mass is 16.5. The lowest BCUT2D eigenvalue weighted by atomic mass is 10.0. The Morgan fingerprint density at radius 3 is 2.58 bits per heavy atom. The topological polar surface area (TPSA) is 61.8 Å². The summed E-state index contributed by atoms with van der Waals surface area (Å²) in [6, 6.07) is 0. The number of rotatable bonds is 6. The molecule has 1 rings (SSSR count). The molecule has 1 unspecified atom stereocenters. The van der Waals surface area contributed by atoms with Gasteiger partial charge >= 0.3 is 5.97 Å². The Kier molecular flexibility index (Phi) is 6.02. The van der Waals surface area contributed by atoms with Gasteiger partial charge in [-0.2, -0.15) is 0 Å². The molecule has 0 heterocycles. The van der Waals surface area contributed by atoms with Crippen molar-refractivity contribution < 1.29 is 23.8 Å². The molecule has 19 heavy (non-hydrogen) atoms. The minimum Gasteiger partial charge on any atom is -0.496 e. The molecule has 0 fully saturated rings. The molecule has 104 valence electrons. The average molecular weight is 266 g/mol. The Morgan fingerprint density at radius 2 is 2.00 bits per heavy atom. The minimum absolute atomic E-state index is 0.246. The first-order valence-corrected chi connectivity index (χ1v) is 5.98. The van der Waals surface area contributed by atoms with Crippen LogP contribution in [0.1, 0.15) is 13.3 Å². The molecule has 1 atom stereocenters. The number of esters is 1. The minimum atomic E-state index is -0.553. The van der Waals surface area contributed by atoms with Gasteiger partial charge in [0.2, 0.25) is 0 Å². The zero-order chi connectivity index (χ0) is 14.3. The molecule has 5 nitrogen and oxygen atoms in total. The number of ether oxygens (including phenoxy) is 3. The van der Waals surface area contributed by atoms with E-state index in [4.69, 9.17) is 14.2 Å². The maximum atomic E-state index is 12.2. The third-order valence-electron chi connectivity index (χ3n) is 2.58. The van der Waals surface area contributed by atoms with E-state index in [1.807, 2.05) is 0 Å². The van der Waals surface area contributed by atoms with E-state index in [2.05, 4.69) is 0 Å². The zero-order valence-electron chi connectivity index (χ0n) is 11.3. The Labute approximate surface area is 112 Å². The van der Waals surface area contributed by atoms with Crippen LogP contribution in [0.3, 0.4) is 0 Å². The molecule has 0 radical (unpaired) electrons. The molecule has 1 aliphatic carbocycles. The number of methoxy groups -OCH3 is 2. The van der Waals surface area contributed by atoms with Crippen LogP contribution in [0.25, 0.3) is 0 Å². The van der Waals surface area contributed by atoms with Gasteiger partial charge in [-0.3, -0.25) is 9.59 Å². The number of hydrogen-bond acceptors (Lipinski definition) is 5. The lowest BCUT2D eigenvalue weighted by Gasteiger charge is -2.16. The first-order chi connectivity index (χ1) is 9.13. The molecule has 0 aromatic heterocycles. The second-order valence-corrected chi connectivity index (χ2v) is 3.79. The van der Waals surface area contributed by atoms with Crippen molar-refractivity contribution in [2.24, 2.45) is 0 Å². The lowest BCUT2D eigenvalue weighted by Crippen LogP contribution is -2.23. The summed E-state index contributed by atoms with van der Waals surface area (Å²) >= 11 is 0. The number of carbonyl (C=O) groups excluding carboxylic acids is 2. The fourth-order valence-corrected chi connectivity index (χ4v) is 1.74. The summed E-state index contributed by atoms with van der Waals surface area (Å²) in [6.45, 7) is 1.94. The molecule has 0 aromatic carbocycles. The van der Waals surface area contributed by atoms with E-state index >= 15 is 0 Å². The Morgan fingerprint density at radius 1 is 1.26 bits per heavy atom. The van der Waals surface area contributed by atoms with Crippen molar-refractivity contribution >= 4 is 11.8 Å². The highest BCUT2D eigenvalue weighted by molar-refractivity contribution is 6.07. The molecular formula is C14H18O5. The van der Waals surface area contributed by atoms with Crippen molar-refractivity contribution in [1.29, 1.82) is 0 Å². The van der Waals surface area contributed by atoms with Gasteiger partial charge in [-0.15, -0.1) is 0 Å². The largest absolute Gasteiger partial charge is 0.496 e. The monoisotopic (exact) mass is 266 g/mol. The van der Waals surface area contributed by atoms with Crippen LogP contribution in [0.2, 0.25) is 0 Å². The molecule has 0 amide bonds. The summed E-state index contributed by atoms with van der Waals surface area (Å²) in [4.78, 5) is 23.6. The fourth-order valence-electron chi connectivity index (χ4n) is 1.74. The summed E-state index contributed by atoms with van der Waals surface area (Å²) in [5.41, 5.74) is 0.322. The van der Waals surface area contributed by atoms with Gasteiger partial charge < -0.3 is 14.2 Å². The van der Waals surface area contributed by atoms with Gasteiger partial charge in [0.25, 0.3) is 0 Å². The van der Waals surface area contributed by atoms with Crippen LogP contribution < -0.4 is 0 Å². The maximum Gasteiger partial charge on any atom is 0.313 e. The van der Waals surface area contributed by atoms with E-state index in [9.17, 15) is 9.59 Å². The first kappa shape index (κ1) is 15.2. The van der Waals surface area contributed by atoms with Gasteiger partial charge in [-0.25, -0.2) is 0 Å². The average Bonchev–Trinajstić information content (AvgIpc) is 2.60. The zero-order valence-corrected chi connectivity index (χ0v) is 11.3. The number of ketones is 1. The molecule has 0 N–H and O–H groups in total. The number of hydrogen-bond donors (Lipinski definition) is 0. The van der Waals surface area contributed by atoms with Crippen molar-refractivity contribution in [3.8, 4) is 0 Å². The van der Waals surface area contributed by atoms with E-state index in [1.54, 1.807) is 31.2 Å². The second-order valence-electron chi connectivity index (χ2n) is 3.79. The third kappa shape index (κ3) is 4.06. The van der Waals surface area contributed by atoms with Crippen LogP contribution in [0, 0.1) is 0 Å². The number of allylic oxidation sites excluding steroid dienone is 3. The summed E-state index contributed by atoms with van der Waals surface area (Å²) in [6.07, 6.45) is 6.03. The lowest BCUT2D eigenvalue weighted by molar-refractivity contribution is -0.145. The van der Waals surface area contributed by atoms with Crippen molar-refractivity contribution in [1.82, 2.24) is 0 Å². The van der Waals surface area contributed by atoms with Crippen molar-refractivity contribution in [3.63, 3.8) is 0 Å². The Bertz CT molecular complexity index is 431. The summed E-state index contributed by atoms with van der Waals surface area (Å²) < 4.78 is 15.2. The van der Waals surface area contributed by atoms with E-state index in [0.29, 0.717) is 11.3 Å². The van der Waals surface area contributed by atoms with Crippen LogP contribution in [-0.2, 0) is 23.8 Å². The first-order valence-electron chi connectivity index (χ1n) is 5.98. The molecule has 0 aliphatic heterocycles. The predicted octanol–water partition coefficient (Wildman–Crippen LogP) is 1.55. The van der Waals surface area contributed by atoms with Gasteiger partial charge in [0.1, 0.15) is 18.3 Å². The van der Waals surface area contributed by atoms with Crippen molar-refractivity contribution in [2.75, 3.05) is 20.8 Å². The van der Waals surface area contributed by atoms with Crippen LogP contribution in [0.4, 0.5) is 0 Å². The molecule has 0 saturated heterocycles. The highest BCUT2D eigenvalue weighted by Crippen LogP contribution is 2.20. The van der Waals surface area contributed by atoms with Crippen LogP contribution in [0.5, 0.6) is 0 Å². The third-order valence-corrected chi connectivity index (χ3v) is 2.58. The van der Waals surface area contributed by atoms with Crippen LogP contribution >= 0.6 is 0 Å². The van der Waals surface area contributed by atoms with Crippen LogP contribution in [-0.4, -0.2) is 38.7 Å². The molecular weight excluding hydrogens is 248 g/mol. The maximum absolute atomic E-state index is 12.2. The normalized spacial score (nSPS) is 18.2. The summed E-state index contributed by atoms with van der Waals surface area (Å²) in [5.74, 6) is -0.521. The summed E-state index contributed by atoms with van der Waals surface area (Å²) in [7, 11) is 2.96. The van der Waals surface area contributed by atoms with Gasteiger partial charge in [0.05, 0.1) is 19.3 Å². The molecule has 0 spiro atoms. The standard InChI is InChI=1S/C14H18O5/c1-4-19-13(16)9-10(15)14-11(17-2)7-5-6-8-12(14)18-3/h5-8,11H,4,9H2,1-3H3. The smallest absolute Gasteiger partial charge is 0.313 e. The van der Waals surface area contributed by atoms with E-state index in [1.165, 1.54) is 14.2 Å². The van der Waals surface area contributed by atoms with E-state index in [-0.39, 0.29) is 18.8 Å².